The van der Waals surface area contributed by atoms with Crippen LogP contribution in [0.25, 0.3) is 10.9 Å². The molecule has 53 heavy (non-hydrogen) atoms. The zero-order valence-electron chi connectivity index (χ0n) is 30.2. The summed E-state index contributed by atoms with van der Waals surface area (Å²) in [7, 11) is -2.03. The molecule has 0 saturated carbocycles. The molecular formula is C39H49N5O8S. The number of sulfone groups is 1. The number of primary amides is 1. The third kappa shape index (κ3) is 10.2. The van der Waals surface area contributed by atoms with Gasteiger partial charge in [0.15, 0.2) is 22.2 Å². The summed E-state index contributed by atoms with van der Waals surface area (Å²) in [6.45, 7) is 2.72. The fourth-order valence-electron chi connectivity index (χ4n) is 6.48. The Morgan fingerprint density at radius 2 is 1.75 bits per heavy atom. The number of carbonyl (C=O) groups is 2. The molecule has 1 aliphatic rings. The standard InChI is InChI=1S/C39H49N5O8S/c1-25-19-28(21-30-35(25)42-22-31(39(40)48)36(30)43-26-13-12-14-27(20-26)51-2)53(49,50)18-11-9-7-5-3-4-6-8-10-17-41-23-33(46)29-15-16-32(45)37-38(29)52-24-34(47)44-37/h12-16,19-22,33,41,45-46H,3-11,17-18,23-24H2,1-2H3,(H2,40,48)(H,42,43)(H,44,47)/t33-/m0/s1. The molecule has 0 unspecified atom stereocenters. The van der Waals surface area contributed by atoms with E-state index < -0.39 is 21.8 Å². The molecule has 1 aromatic heterocycles. The average molecular weight is 748 g/mol. The highest BCUT2D eigenvalue weighted by molar-refractivity contribution is 7.91. The van der Waals surface area contributed by atoms with E-state index in [9.17, 15) is 28.2 Å². The highest BCUT2D eigenvalue weighted by atomic mass is 32.2. The van der Waals surface area contributed by atoms with E-state index in [1.165, 1.54) is 12.3 Å². The molecule has 0 spiro atoms. The number of hydrogen-bond donors (Lipinski definition) is 6. The largest absolute Gasteiger partial charge is 0.506 e. The van der Waals surface area contributed by atoms with Gasteiger partial charge in [-0.05, 0) is 68.3 Å². The van der Waals surface area contributed by atoms with Gasteiger partial charge in [0, 0.05) is 35.4 Å². The monoisotopic (exact) mass is 747 g/mol. The van der Waals surface area contributed by atoms with Gasteiger partial charge < -0.3 is 41.4 Å². The summed E-state index contributed by atoms with van der Waals surface area (Å²) >= 11 is 0. The molecule has 284 valence electrons. The second-order valence-corrected chi connectivity index (χ2v) is 15.4. The minimum Gasteiger partial charge on any atom is -0.506 e. The summed E-state index contributed by atoms with van der Waals surface area (Å²) in [5.41, 5.74) is 8.84. The number of aryl methyl sites for hydroxylation is 1. The lowest BCUT2D eigenvalue weighted by Crippen LogP contribution is -2.28. The Morgan fingerprint density at radius 1 is 1.04 bits per heavy atom. The highest BCUT2D eigenvalue weighted by Crippen LogP contribution is 2.41. The van der Waals surface area contributed by atoms with E-state index in [-0.39, 0.29) is 40.2 Å². The smallest absolute Gasteiger partial charge is 0.262 e. The number of fused-ring (bicyclic) bond motifs is 2. The molecule has 0 aliphatic carbocycles. The number of nitrogens with one attached hydrogen (secondary N) is 3. The van der Waals surface area contributed by atoms with Crippen LogP contribution in [0.1, 0.15) is 85.4 Å². The second-order valence-electron chi connectivity index (χ2n) is 13.3. The van der Waals surface area contributed by atoms with E-state index in [1.807, 2.05) is 6.07 Å². The minimum atomic E-state index is -3.59. The maximum Gasteiger partial charge on any atom is 0.262 e. The van der Waals surface area contributed by atoms with Crippen molar-refractivity contribution in [2.75, 3.05) is 43.2 Å². The van der Waals surface area contributed by atoms with Gasteiger partial charge in [-0.1, -0.05) is 51.0 Å². The Bertz CT molecular complexity index is 2040. The molecule has 0 fully saturated rings. The van der Waals surface area contributed by atoms with Gasteiger partial charge >= 0.3 is 0 Å². The number of carbonyl (C=O) groups excluding carboxylic acids is 2. The van der Waals surface area contributed by atoms with Gasteiger partial charge in [0.05, 0.1) is 40.6 Å². The Balaban J connectivity index is 1.02. The predicted molar refractivity (Wildman–Crippen MR) is 205 cm³/mol. The average Bonchev–Trinajstić information content (AvgIpc) is 3.13. The summed E-state index contributed by atoms with van der Waals surface area (Å²) in [6, 6.07) is 13.4. The minimum absolute atomic E-state index is 0.0278. The molecule has 14 heteroatoms. The number of aliphatic hydroxyl groups excluding tert-OH is 1. The van der Waals surface area contributed by atoms with E-state index in [0.717, 1.165) is 57.9 Å². The topological polar surface area (TPSA) is 202 Å². The quantitative estimate of drug-likeness (QED) is 0.0455. The number of anilines is 3. The Labute approximate surface area is 310 Å². The molecule has 0 bridgehead atoms. The summed E-state index contributed by atoms with van der Waals surface area (Å²) in [4.78, 5) is 28.6. The van der Waals surface area contributed by atoms with Crippen LogP contribution in [0.15, 0.2) is 59.6 Å². The van der Waals surface area contributed by atoms with Gasteiger partial charge in [-0.3, -0.25) is 14.6 Å². The van der Waals surface area contributed by atoms with Crippen LogP contribution in [-0.2, 0) is 14.6 Å². The summed E-state index contributed by atoms with van der Waals surface area (Å²) < 4.78 is 37.7. The first-order valence-corrected chi connectivity index (χ1v) is 19.7. The summed E-state index contributed by atoms with van der Waals surface area (Å²) in [5, 5.41) is 30.2. The normalized spacial score (nSPS) is 13.2. The van der Waals surface area contributed by atoms with Crippen molar-refractivity contribution in [2.45, 2.75) is 75.7 Å². The summed E-state index contributed by atoms with van der Waals surface area (Å²) in [5.74, 6) is -0.192. The lowest BCUT2D eigenvalue weighted by atomic mass is 10.0. The maximum absolute atomic E-state index is 13.5. The van der Waals surface area contributed by atoms with Gasteiger partial charge in [0.2, 0.25) is 0 Å². The number of pyridine rings is 1. The molecule has 5 rings (SSSR count). The number of nitrogens with two attached hydrogens (primary N) is 1. The number of unbranched alkanes of at least 4 members (excludes halogenated alkanes) is 8. The summed E-state index contributed by atoms with van der Waals surface area (Å²) in [6.07, 6.45) is 9.25. The number of rotatable bonds is 20. The lowest BCUT2D eigenvalue weighted by Gasteiger charge is -2.23. The first-order chi connectivity index (χ1) is 25.5. The van der Waals surface area contributed by atoms with Crippen LogP contribution in [0.5, 0.6) is 17.2 Å². The Morgan fingerprint density at radius 3 is 2.47 bits per heavy atom. The Kier molecular flexibility index (Phi) is 13.5. The number of phenols is 1. The fourth-order valence-corrected chi connectivity index (χ4v) is 7.95. The number of aliphatic hydroxyl groups is 1. The van der Waals surface area contributed by atoms with E-state index in [4.69, 9.17) is 15.2 Å². The van der Waals surface area contributed by atoms with Crippen LogP contribution in [-0.4, -0.2) is 68.0 Å². The number of hydrogen-bond acceptors (Lipinski definition) is 11. The van der Waals surface area contributed by atoms with Gasteiger partial charge in [-0.25, -0.2) is 8.42 Å². The number of aromatic nitrogens is 1. The maximum atomic E-state index is 13.5. The van der Waals surface area contributed by atoms with Crippen molar-refractivity contribution in [1.82, 2.24) is 10.3 Å². The zero-order chi connectivity index (χ0) is 38.0. The van der Waals surface area contributed by atoms with Crippen molar-refractivity contribution in [1.29, 1.82) is 0 Å². The van der Waals surface area contributed by atoms with Gasteiger partial charge in [-0.15, -0.1) is 0 Å². The van der Waals surface area contributed by atoms with Gasteiger partial charge in [-0.2, -0.15) is 0 Å². The van der Waals surface area contributed by atoms with Gasteiger partial charge in [0.25, 0.3) is 11.8 Å². The SMILES string of the molecule is COc1cccc(Nc2c(C(N)=O)cnc3c(C)cc(S(=O)(=O)CCCCCCCCCCCNC[C@H](O)c4ccc(O)c5c4OCC(=O)N5)cc23)c1. The molecule has 2 amide bonds. The molecule has 2 heterocycles. The third-order valence-electron chi connectivity index (χ3n) is 9.34. The number of amides is 2. The number of methoxy groups -OCH3 is 1. The van der Waals surface area contributed by atoms with Crippen molar-refractivity contribution in [2.24, 2.45) is 5.73 Å². The lowest BCUT2D eigenvalue weighted by molar-refractivity contribution is -0.118. The van der Waals surface area contributed by atoms with Crippen molar-refractivity contribution >= 4 is 49.6 Å². The molecule has 0 radical (unpaired) electrons. The van der Waals surface area contributed by atoms with E-state index in [0.29, 0.717) is 57.9 Å². The number of ether oxygens (including phenoxy) is 2. The highest BCUT2D eigenvalue weighted by Gasteiger charge is 2.26. The molecule has 13 nitrogen and oxygen atoms in total. The van der Waals surface area contributed by atoms with Crippen LogP contribution in [0.3, 0.4) is 0 Å². The van der Waals surface area contributed by atoms with Crippen molar-refractivity contribution in [3.05, 3.63) is 71.4 Å². The Hall–Kier alpha value is -4.92. The van der Waals surface area contributed by atoms with Crippen LogP contribution in [0.2, 0.25) is 0 Å². The van der Waals surface area contributed by atoms with Crippen LogP contribution >= 0.6 is 0 Å². The number of phenolic OH excluding ortho intramolecular Hbond substituents is 1. The molecule has 1 atom stereocenters. The fraction of sp³-hybridized carbons (Fsp3) is 0.410. The number of aromatic hydroxyl groups is 1. The zero-order valence-corrected chi connectivity index (χ0v) is 31.1. The van der Waals surface area contributed by atoms with E-state index in [2.05, 4.69) is 20.9 Å². The van der Waals surface area contributed by atoms with E-state index >= 15 is 0 Å². The van der Waals surface area contributed by atoms with Crippen molar-refractivity contribution < 1.29 is 37.7 Å². The molecule has 0 saturated heterocycles. The first kappa shape index (κ1) is 39.3. The predicted octanol–water partition coefficient (Wildman–Crippen LogP) is 6.04. The van der Waals surface area contributed by atoms with E-state index in [1.54, 1.807) is 50.4 Å². The van der Waals surface area contributed by atoms with Crippen molar-refractivity contribution in [3.8, 4) is 17.2 Å². The molecule has 7 N–H and O–H groups in total. The van der Waals surface area contributed by atoms with Gasteiger partial charge in [0.1, 0.15) is 17.2 Å². The third-order valence-corrected chi connectivity index (χ3v) is 11.1. The molecule has 1 aliphatic heterocycles. The van der Waals surface area contributed by atoms with Crippen molar-refractivity contribution in [3.63, 3.8) is 0 Å². The van der Waals surface area contributed by atoms with Crippen LogP contribution < -0.4 is 31.2 Å². The number of benzene rings is 3. The second kappa shape index (κ2) is 18.2. The molecular weight excluding hydrogens is 699 g/mol. The first-order valence-electron chi connectivity index (χ1n) is 18.0. The molecule has 4 aromatic rings. The van der Waals surface area contributed by atoms with Crippen LogP contribution in [0.4, 0.5) is 17.1 Å². The molecule has 3 aromatic carbocycles. The van der Waals surface area contributed by atoms with Crippen LogP contribution in [0, 0.1) is 6.92 Å². The number of nitrogens with zero attached hydrogens (tertiary/aromatic N) is 1.